The number of benzene rings is 1. The first-order valence-corrected chi connectivity index (χ1v) is 8.62. The van der Waals surface area contributed by atoms with Crippen LogP contribution in [0.4, 0.5) is 0 Å². The second kappa shape index (κ2) is 5.49. The molecule has 0 aliphatic heterocycles. The summed E-state index contributed by atoms with van der Waals surface area (Å²) in [5.41, 5.74) is 2.86. The average molecular weight is 282 g/mol. The van der Waals surface area contributed by atoms with Crippen molar-refractivity contribution in [3.63, 3.8) is 0 Å². The van der Waals surface area contributed by atoms with E-state index < -0.39 is 0 Å². The zero-order valence-electron chi connectivity index (χ0n) is 13.0. The van der Waals surface area contributed by atoms with E-state index in [1.165, 1.54) is 48.7 Å². The molecule has 0 amide bonds. The Morgan fingerprint density at radius 2 is 2.14 bits per heavy atom. The molecule has 0 spiro atoms. The molecule has 3 atom stereocenters. The highest BCUT2D eigenvalue weighted by Crippen LogP contribution is 2.49. The molecule has 4 rings (SSSR count). The van der Waals surface area contributed by atoms with Crippen molar-refractivity contribution in [3.8, 4) is 0 Å². The van der Waals surface area contributed by atoms with E-state index in [0.29, 0.717) is 0 Å². The molecule has 2 aliphatic rings. The molecule has 2 nitrogen and oxygen atoms in total. The number of hydrogen-bond acceptors (Lipinski definition) is 1. The molecule has 1 aromatic carbocycles. The first-order valence-electron chi connectivity index (χ1n) is 8.62. The van der Waals surface area contributed by atoms with Gasteiger partial charge in [0.05, 0.1) is 0 Å². The minimum Gasteiger partial charge on any atom is -0.347 e. The first-order chi connectivity index (χ1) is 10.3. The van der Waals surface area contributed by atoms with Gasteiger partial charge in [-0.15, -0.1) is 0 Å². The molecule has 0 saturated heterocycles. The predicted molar refractivity (Wildman–Crippen MR) is 88.3 cm³/mol. The highest BCUT2D eigenvalue weighted by molar-refractivity contribution is 5.83. The Morgan fingerprint density at radius 1 is 1.19 bits per heavy atom. The molecule has 2 aromatic rings. The van der Waals surface area contributed by atoms with Crippen molar-refractivity contribution in [2.45, 2.75) is 45.7 Å². The molecular formula is C19H26N2. The molecule has 3 unspecified atom stereocenters. The standard InChI is InChI=1S/C19H26N2/c1-2-20-12-16-4-3-5-19-18(16)8-9-21(19)13-17-11-14-6-7-15(17)10-14/h3-5,8-9,14-15,17,20H,2,6-7,10-13H2,1H3. The smallest absolute Gasteiger partial charge is 0.0483 e. The largest absolute Gasteiger partial charge is 0.347 e. The van der Waals surface area contributed by atoms with E-state index in [9.17, 15) is 0 Å². The van der Waals surface area contributed by atoms with Crippen LogP contribution in [0.2, 0.25) is 0 Å². The lowest BCUT2D eigenvalue weighted by Gasteiger charge is -2.22. The maximum atomic E-state index is 3.45. The second-order valence-electron chi connectivity index (χ2n) is 7.03. The molecule has 2 aliphatic carbocycles. The van der Waals surface area contributed by atoms with Gasteiger partial charge < -0.3 is 9.88 Å². The molecular weight excluding hydrogens is 256 g/mol. The zero-order chi connectivity index (χ0) is 14.2. The van der Waals surface area contributed by atoms with Crippen molar-refractivity contribution >= 4 is 10.9 Å². The van der Waals surface area contributed by atoms with E-state index in [0.717, 1.165) is 30.8 Å². The fraction of sp³-hybridized carbons (Fsp3) is 0.579. The van der Waals surface area contributed by atoms with Crippen LogP contribution in [0.15, 0.2) is 30.5 Å². The van der Waals surface area contributed by atoms with Crippen LogP contribution < -0.4 is 5.32 Å². The summed E-state index contributed by atoms with van der Waals surface area (Å²) in [6.45, 7) is 5.41. The summed E-state index contributed by atoms with van der Waals surface area (Å²) < 4.78 is 2.51. The van der Waals surface area contributed by atoms with E-state index in [-0.39, 0.29) is 0 Å². The van der Waals surface area contributed by atoms with Crippen LogP contribution in [0.25, 0.3) is 10.9 Å². The molecule has 0 radical (unpaired) electrons. The summed E-state index contributed by atoms with van der Waals surface area (Å²) in [4.78, 5) is 0. The fourth-order valence-electron chi connectivity index (χ4n) is 4.71. The Hall–Kier alpha value is -1.28. The maximum Gasteiger partial charge on any atom is 0.0483 e. The van der Waals surface area contributed by atoms with Gasteiger partial charge in [-0.2, -0.15) is 0 Å². The van der Waals surface area contributed by atoms with Gasteiger partial charge in [0.15, 0.2) is 0 Å². The Bertz CT molecular complexity index is 628. The van der Waals surface area contributed by atoms with Gasteiger partial charge in [0.2, 0.25) is 0 Å². The number of fused-ring (bicyclic) bond motifs is 3. The van der Waals surface area contributed by atoms with Crippen LogP contribution in [0.1, 0.15) is 38.2 Å². The van der Waals surface area contributed by atoms with E-state index >= 15 is 0 Å². The van der Waals surface area contributed by atoms with Crippen molar-refractivity contribution in [1.29, 1.82) is 0 Å². The third kappa shape index (κ3) is 2.40. The van der Waals surface area contributed by atoms with Crippen molar-refractivity contribution in [2.75, 3.05) is 6.54 Å². The van der Waals surface area contributed by atoms with Crippen LogP contribution in [0.3, 0.4) is 0 Å². The van der Waals surface area contributed by atoms with Gasteiger partial charge in [-0.05, 0) is 61.3 Å². The van der Waals surface area contributed by atoms with E-state index in [1.54, 1.807) is 0 Å². The minimum absolute atomic E-state index is 0.928. The molecule has 1 aromatic heterocycles. The van der Waals surface area contributed by atoms with Crippen LogP contribution >= 0.6 is 0 Å². The Labute approximate surface area is 127 Å². The lowest BCUT2D eigenvalue weighted by Crippen LogP contribution is -2.16. The Morgan fingerprint density at radius 3 is 2.90 bits per heavy atom. The first kappa shape index (κ1) is 13.4. The molecule has 2 saturated carbocycles. The lowest BCUT2D eigenvalue weighted by atomic mass is 9.89. The van der Waals surface area contributed by atoms with Gasteiger partial charge >= 0.3 is 0 Å². The van der Waals surface area contributed by atoms with Gasteiger partial charge in [-0.1, -0.05) is 25.5 Å². The average Bonchev–Trinajstić information content (AvgIpc) is 3.21. The summed E-state index contributed by atoms with van der Waals surface area (Å²) in [6.07, 6.45) is 8.28. The second-order valence-corrected chi connectivity index (χ2v) is 7.03. The van der Waals surface area contributed by atoms with Gasteiger partial charge in [0, 0.05) is 30.2 Å². The number of hydrogen-bond donors (Lipinski definition) is 1. The fourth-order valence-corrected chi connectivity index (χ4v) is 4.71. The summed E-state index contributed by atoms with van der Waals surface area (Å²) >= 11 is 0. The number of nitrogens with one attached hydrogen (secondary N) is 1. The van der Waals surface area contributed by atoms with Crippen LogP contribution in [0.5, 0.6) is 0 Å². The SMILES string of the molecule is CCNCc1cccc2c1ccn2CC1CC2CCC1C2. The quantitative estimate of drug-likeness (QED) is 0.870. The molecule has 1 heterocycles. The number of aromatic nitrogens is 1. The predicted octanol–water partition coefficient (Wildman–Crippen LogP) is 4.19. The number of nitrogens with zero attached hydrogens (tertiary/aromatic N) is 1. The molecule has 2 bridgehead atoms. The molecule has 21 heavy (non-hydrogen) atoms. The normalized spacial score (nSPS) is 27.8. The van der Waals surface area contributed by atoms with Gasteiger partial charge in [0.25, 0.3) is 0 Å². The number of rotatable bonds is 5. The van der Waals surface area contributed by atoms with Crippen molar-refractivity contribution in [1.82, 2.24) is 9.88 Å². The van der Waals surface area contributed by atoms with Crippen molar-refractivity contribution in [3.05, 3.63) is 36.0 Å². The van der Waals surface area contributed by atoms with Gasteiger partial charge in [0.1, 0.15) is 0 Å². The topological polar surface area (TPSA) is 17.0 Å². The minimum atomic E-state index is 0.928. The van der Waals surface area contributed by atoms with E-state index in [4.69, 9.17) is 0 Å². The molecule has 2 heteroatoms. The summed E-state index contributed by atoms with van der Waals surface area (Å²) in [5.74, 6) is 2.99. The third-order valence-electron chi connectivity index (χ3n) is 5.79. The Balaban J connectivity index is 1.58. The van der Waals surface area contributed by atoms with Crippen LogP contribution in [-0.2, 0) is 13.1 Å². The third-order valence-corrected chi connectivity index (χ3v) is 5.79. The molecule has 112 valence electrons. The van der Waals surface area contributed by atoms with E-state index in [1.807, 2.05) is 0 Å². The van der Waals surface area contributed by atoms with Crippen molar-refractivity contribution in [2.24, 2.45) is 17.8 Å². The summed E-state index contributed by atoms with van der Waals surface area (Å²) in [6, 6.07) is 9.08. The molecule has 1 N–H and O–H groups in total. The maximum absolute atomic E-state index is 3.45. The summed E-state index contributed by atoms with van der Waals surface area (Å²) in [7, 11) is 0. The highest BCUT2D eigenvalue weighted by Gasteiger charge is 2.39. The van der Waals surface area contributed by atoms with Crippen molar-refractivity contribution < 1.29 is 0 Å². The highest BCUT2D eigenvalue weighted by atomic mass is 15.0. The summed E-state index contributed by atoms with van der Waals surface area (Å²) in [5, 5.41) is 4.88. The van der Waals surface area contributed by atoms with Gasteiger partial charge in [-0.3, -0.25) is 0 Å². The monoisotopic (exact) mass is 282 g/mol. The lowest BCUT2D eigenvalue weighted by molar-refractivity contribution is 0.299. The molecule has 2 fully saturated rings. The van der Waals surface area contributed by atoms with Crippen LogP contribution in [0, 0.1) is 17.8 Å². The Kier molecular flexibility index (Phi) is 3.50. The van der Waals surface area contributed by atoms with E-state index in [2.05, 4.69) is 47.3 Å². The van der Waals surface area contributed by atoms with Gasteiger partial charge in [-0.25, -0.2) is 0 Å². The zero-order valence-corrected chi connectivity index (χ0v) is 13.0. The van der Waals surface area contributed by atoms with Crippen LogP contribution in [-0.4, -0.2) is 11.1 Å².